The van der Waals surface area contributed by atoms with Crippen LogP contribution >= 0.6 is 0 Å². The first-order valence-corrected chi connectivity index (χ1v) is 7.38. The normalized spacial score (nSPS) is 17.4. The zero-order valence-corrected chi connectivity index (χ0v) is 12.5. The number of benzene rings is 1. The Morgan fingerprint density at radius 2 is 2.14 bits per heavy atom. The molecule has 0 aliphatic carbocycles. The number of nitrogens with one attached hydrogen (secondary N) is 1. The Labute approximate surface area is 129 Å². The number of furan rings is 1. The van der Waals surface area contributed by atoms with Gasteiger partial charge in [-0.05, 0) is 43.7 Å². The summed E-state index contributed by atoms with van der Waals surface area (Å²) in [7, 11) is 0. The molecule has 1 N–H and O–H groups in total. The van der Waals surface area contributed by atoms with Gasteiger partial charge in [-0.2, -0.15) is 0 Å². The number of carbonyl (C=O) groups excluding carboxylic acids is 1. The van der Waals surface area contributed by atoms with Crippen LogP contribution in [0.3, 0.4) is 0 Å². The fourth-order valence-electron chi connectivity index (χ4n) is 2.38. The van der Waals surface area contributed by atoms with Gasteiger partial charge in [-0.15, -0.1) is 0 Å². The van der Waals surface area contributed by atoms with Gasteiger partial charge >= 0.3 is 0 Å². The number of hydrogen-bond acceptors (Lipinski definition) is 4. The molecule has 1 fully saturated rings. The SMILES string of the molecule is Cc1occc1C(=O)Nc1ccc(OC[C@@H]2CCOC2)cc1. The Balaban J connectivity index is 1.54. The van der Waals surface area contributed by atoms with Crippen molar-refractivity contribution < 1.29 is 18.7 Å². The van der Waals surface area contributed by atoms with Crippen LogP contribution in [0.25, 0.3) is 0 Å². The number of anilines is 1. The van der Waals surface area contributed by atoms with E-state index in [1.165, 1.54) is 6.26 Å². The van der Waals surface area contributed by atoms with Gasteiger partial charge in [0.25, 0.3) is 5.91 Å². The van der Waals surface area contributed by atoms with E-state index in [1.807, 2.05) is 24.3 Å². The molecule has 2 aromatic rings. The molecule has 3 rings (SSSR count). The van der Waals surface area contributed by atoms with Crippen LogP contribution < -0.4 is 10.1 Å². The predicted molar refractivity (Wildman–Crippen MR) is 82.3 cm³/mol. The number of carbonyl (C=O) groups is 1. The molecule has 0 saturated carbocycles. The number of hydrogen-bond donors (Lipinski definition) is 1. The van der Waals surface area contributed by atoms with Gasteiger partial charge in [-0.1, -0.05) is 0 Å². The molecule has 5 heteroatoms. The van der Waals surface area contributed by atoms with Gasteiger partial charge in [-0.3, -0.25) is 4.79 Å². The number of ether oxygens (including phenoxy) is 2. The molecule has 116 valence electrons. The van der Waals surface area contributed by atoms with E-state index in [2.05, 4.69) is 5.32 Å². The summed E-state index contributed by atoms with van der Waals surface area (Å²) in [5, 5.41) is 2.84. The van der Waals surface area contributed by atoms with Crippen LogP contribution in [0.1, 0.15) is 22.5 Å². The lowest BCUT2D eigenvalue weighted by atomic mass is 10.1. The smallest absolute Gasteiger partial charge is 0.259 e. The van der Waals surface area contributed by atoms with Gasteiger partial charge in [0.1, 0.15) is 11.5 Å². The molecule has 1 saturated heterocycles. The lowest BCUT2D eigenvalue weighted by Gasteiger charge is -2.11. The van der Waals surface area contributed by atoms with Crippen LogP contribution in [0, 0.1) is 12.8 Å². The Kier molecular flexibility index (Phi) is 4.44. The maximum absolute atomic E-state index is 12.1. The highest BCUT2D eigenvalue weighted by molar-refractivity contribution is 6.04. The van der Waals surface area contributed by atoms with Crippen LogP contribution in [-0.2, 0) is 4.74 Å². The molecule has 1 aliphatic heterocycles. The number of amides is 1. The predicted octanol–water partition coefficient (Wildman–Crippen LogP) is 3.26. The van der Waals surface area contributed by atoms with Crippen molar-refractivity contribution in [2.24, 2.45) is 5.92 Å². The summed E-state index contributed by atoms with van der Waals surface area (Å²) in [6.45, 7) is 4.03. The maximum atomic E-state index is 12.1. The third-order valence-corrected chi connectivity index (χ3v) is 3.73. The molecular formula is C17H19NO4. The largest absolute Gasteiger partial charge is 0.493 e. The van der Waals surface area contributed by atoms with Crippen molar-refractivity contribution in [3.8, 4) is 5.75 Å². The summed E-state index contributed by atoms with van der Waals surface area (Å²) in [6, 6.07) is 9.02. The summed E-state index contributed by atoms with van der Waals surface area (Å²) in [6.07, 6.45) is 2.56. The summed E-state index contributed by atoms with van der Waals surface area (Å²) in [5.41, 5.74) is 1.27. The fraction of sp³-hybridized carbons (Fsp3) is 0.353. The van der Waals surface area contributed by atoms with Crippen molar-refractivity contribution in [3.63, 3.8) is 0 Å². The Morgan fingerprint density at radius 1 is 1.32 bits per heavy atom. The molecule has 1 amide bonds. The van der Waals surface area contributed by atoms with E-state index in [1.54, 1.807) is 13.0 Å². The lowest BCUT2D eigenvalue weighted by molar-refractivity contribution is 0.102. The third kappa shape index (κ3) is 3.49. The topological polar surface area (TPSA) is 60.7 Å². The molecule has 0 spiro atoms. The molecule has 1 aliphatic rings. The van der Waals surface area contributed by atoms with Crippen molar-refractivity contribution in [2.75, 3.05) is 25.1 Å². The molecule has 0 bridgehead atoms. The Morgan fingerprint density at radius 3 is 2.77 bits per heavy atom. The van der Waals surface area contributed by atoms with E-state index >= 15 is 0 Å². The van der Waals surface area contributed by atoms with Crippen LogP contribution in [0.2, 0.25) is 0 Å². The lowest BCUT2D eigenvalue weighted by Crippen LogP contribution is -2.13. The standard InChI is InChI=1S/C17H19NO4/c1-12-16(7-9-21-12)17(19)18-14-2-4-15(5-3-14)22-11-13-6-8-20-10-13/h2-5,7,9,13H,6,8,10-11H2,1H3,(H,18,19)/t13-/m1/s1. The molecule has 0 unspecified atom stereocenters. The summed E-state index contributed by atoms with van der Waals surface area (Å²) in [5.74, 6) is 1.70. The highest BCUT2D eigenvalue weighted by atomic mass is 16.5. The summed E-state index contributed by atoms with van der Waals surface area (Å²) >= 11 is 0. The molecule has 5 nitrogen and oxygen atoms in total. The van der Waals surface area contributed by atoms with Crippen LogP contribution in [0.15, 0.2) is 41.0 Å². The second kappa shape index (κ2) is 6.66. The molecule has 2 heterocycles. The molecule has 1 aromatic heterocycles. The van der Waals surface area contributed by atoms with Gasteiger partial charge in [0, 0.05) is 18.2 Å². The van der Waals surface area contributed by atoms with E-state index in [4.69, 9.17) is 13.9 Å². The van der Waals surface area contributed by atoms with Crippen LogP contribution in [0.5, 0.6) is 5.75 Å². The number of rotatable bonds is 5. The van der Waals surface area contributed by atoms with Crippen molar-refractivity contribution in [1.82, 2.24) is 0 Å². The third-order valence-electron chi connectivity index (χ3n) is 3.73. The van der Waals surface area contributed by atoms with Crippen molar-refractivity contribution in [1.29, 1.82) is 0 Å². The first-order valence-electron chi connectivity index (χ1n) is 7.38. The minimum Gasteiger partial charge on any atom is -0.493 e. The highest BCUT2D eigenvalue weighted by Gasteiger charge is 2.16. The van der Waals surface area contributed by atoms with E-state index < -0.39 is 0 Å². The molecule has 1 atom stereocenters. The van der Waals surface area contributed by atoms with E-state index in [0.29, 0.717) is 23.8 Å². The minimum absolute atomic E-state index is 0.178. The van der Waals surface area contributed by atoms with E-state index in [0.717, 1.165) is 31.1 Å². The van der Waals surface area contributed by atoms with Crippen molar-refractivity contribution >= 4 is 11.6 Å². The first kappa shape index (κ1) is 14.7. The minimum atomic E-state index is -0.178. The average molecular weight is 301 g/mol. The molecular weight excluding hydrogens is 282 g/mol. The Bertz CT molecular complexity index is 626. The van der Waals surface area contributed by atoms with Gasteiger partial charge in [0.05, 0.1) is 25.0 Å². The first-order chi connectivity index (χ1) is 10.7. The quantitative estimate of drug-likeness (QED) is 0.921. The number of aryl methyl sites for hydroxylation is 1. The molecule has 1 aromatic carbocycles. The van der Waals surface area contributed by atoms with Gasteiger partial charge in [-0.25, -0.2) is 0 Å². The van der Waals surface area contributed by atoms with Gasteiger partial charge < -0.3 is 19.2 Å². The van der Waals surface area contributed by atoms with E-state index in [9.17, 15) is 4.79 Å². The molecule has 22 heavy (non-hydrogen) atoms. The average Bonchev–Trinajstić information content (AvgIpc) is 3.18. The van der Waals surface area contributed by atoms with Gasteiger partial charge in [0.15, 0.2) is 0 Å². The zero-order valence-electron chi connectivity index (χ0n) is 12.5. The van der Waals surface area contributed by atoms with Crippen molar-refractivity contribution in [2.45, 2.75) is 13.3 Å². The highest BCUT2D eigenvalue weighted by Crippen LogP contribution is 2.20. The van der Waals surface area contributed by atoms with Crippen molar-refractivity contribution in [3.05, 3.63) is 47.9 Å². The zero-order chi connectivity index (χ0) is 15.4. The fourth-order valence-corrected chi connectivity index (χ4v) is 2.38. The van der Waals surface area contributed by atoms with Crippen LogP contribution in [0.4, 0.5) is 5.69 Å². The van der Waals surface area contributed by atoms with Gasteiger partial charge in [0.2, 0.25) is 0 Å². The maximum Gasteiger partial charge on any atom is 0.259 e. The van der Waals surface area contributed by atoms with E-state index in [-0.39, 0.29) is 5.91 Å². The summed E-state index contributed by atoms with van der Waals surface area (Å²) in [4.78, 5) is 12.1. The second-order valence-corrected chi connectivity index (χ2v) is 5.41. The molecule has 0 radical (unpaired) electrons. The Hall–Kier alpha value is -2.27. The monoisotopic (exact) mass is 301 g/mol. The summed E-state index contributed by atoms with van der Waals surface area (Å²) < 4.78 is 16.2. The van der Waals surface area contributed by atoms with Crippen LogP contribution in [-0.4, -0.2) is 25.7 Å². The second-order valence-electron chi connectivity index (χ2n) is 5.41.